The van der Waals surface area contributed by atoms with Crippen molar-refractivity contribution in [1.82, 2.24) is 15.3 Å². The number of aromatic nitrogens is 2. The van der Waals surface area contributed by atoms with Crippen molar-refractivity contribution in [2.24, 2.45) is 5.73 Å². The van der Waals surface area contributed by atoms with Crippen LogP contribution in [0.3, 0.4) is 0 Å². The minimum absolute atomic E-state index is 0.424. The molecule has 2 aromatic rings. The molecule has 1 aromatic heterocycles. The van der Waals surface area contributed by atoms with E-state index in [1.807, 2.05) is 31.5 Å². The average Bonchev–Trinajstić information content (AvgIpc) is 2.59. The quantitative estimate of drug-likeness (QED) is 0.789. The van der Waals surface area contributed by atoms with Gasteiger partial charge >= 0.3 is 0 Å². The van der Waals surface area contributed by atoms with Crippen LogP contribution in [0, 0.1) is 6.92 Å². The minimum Gasteiger partial charge on any atom is -0.366 e. The Balaban J connectivity index is 2.04. The predicted octanol–water partition coefficient (Wildman–Crippen LogP) is 2.59. The number of aromatic amines is 1. The Hall–Kier alpha value is -2.17. The van der Waals surface area contributed by atoms with Gasteiger partial charge in [-0.05, 0) is 24.1 Å². The Morgan fingerprint density at radius 2 is 1.76 bits per heavy atom. The SMILES string of the molecule is Cc1ccc(CNCc2ccccc2)c[nH]cc(CN)n1. The molecule has 1 heterocycles. The van der Waals surface area contributed by atoms with Crippen molar-refractivity contribution in [2.45, 2.75) is 26.6 Å². The van der Waals surface area contributed by atoms with Crippen molar-refractivity contribution in [3.63, 3.8) is 0 Å². The standard InChI is InChI=1S/C17H22N4/c1-14-7-8-16(12-20-13-17(9-18)21-14)11-19-10-15-5-3-2-4-6-15/h2-8,12-13,19-20H,9-11,18H2,1H3. The zero-order valence-corrected chi connectivity index (χ0v) is 12.3. The molecule has 21 heavy (non-hydrogen) atoms. The van der Waals surface area contributed by atoms with Gasteiger partial charge in [0.15, 0.2) is 0 Å². The highest BCUT2D eigenvalue weighted by atomic mass is 14.9. The molecule has 0 spiro atoms. The van der Waals surface area contributed by atoms with Gasteiger partial charge in [0.2, 0.25) is 0 Å². The molecule has 0 saturated carbocycles. The van der Waals surface area contributed by atoms with E-state index in [2.05, 4.69) is 45.6 Å². The van der Waals surface area contributed by atoms with Crippen molar-refractivity contribution in [3.8, 4) is 0 Å². The number of aryl methyl sites for hydroxylation is 1. The van der Waals surface area contributed by atoms with Gasteiger partial charge in [0.25, 0.3) is 0 Å². The molecule has 0 saturated heterocycles. The fourth-order valence-electron chi connectivity index (χ4n) is 1.98. The first kappa shape index (κ1) is 15.2. The van der Waals surface area contributed by atoms with Gasteiger partial charge in [-0.25, -0.2) is 0 Å². The minimum atomic E-state index is 0.424. The van der Waals surface area contributed by atoms with Crippen molar-refractivity contribution in [2.75, 3.05) is 0 Å². The zero-order valence-electron chi connectivity index (χ0n) is 12.3. The number of nitrogens with zero attached hydrogens (tertiary/aromatic N) is 1. The van der Waals surface area contributed by atoms with E-state index in [1.54, 1.807) is 0 Å². The summed E-state index contributed by atoms with van der Waals surface area (Å²) in [5.41, 5.74) is 9.87. The van der Waals surface area contributed by atoms with Crippen LogP contribution in [-0.2, 0) is 19.6 Å². The summed E-state index contributed by atoms with van der Waals surface area (Å²) in [7, 11) is 0. The third-order valence-corrected chi connectivity index (χ3v) is 3.09. The lowest BCUT2D eigenvalue weighted by atomic mass is 10.2. The molecular weight excluding hydrogens is 260 g/mol. The molecule has 4 N–H and O–H groups in total. The Morgan fingerprint density at radius 3 is 2.52 bits per heavy atom. The van der Waals surface area contributed by atoms with Crippen molar-refractivity contribution < 1.29 is 0 Å². The molecular formula is C17H22N4. The van der Waals surface area contributed by atoms with E-state index in [4.69, 9.17) is 5.73 Å². The molecule has 0 atom stereocenters. The van der Waals surface area contributed by atoms with Crippen molar-refractivity contribution >= 4 is 0 Å². The third-order valence-electron chi connectivity index (χ3n) is 3.09. The van der Waals surface area contributed by atoms with E-state index in [9.17, 15) is 0 Å². The molecule has 0 radical (unpaired) electrons. The highest BCUT2D eigenvalue weighted by Gasteiger charge is 1.93. The van der Waals surface area contributed by atoms with Crippen LogP contribution in [0.4, 0.5) is 0 Å². The number of rotatable bonds is 5. The van der Waals surface area contributed by atoms with Crippen molar-refractivity contribution in [3.05, 3.63) is 77.4 Å². The maximum atomic E-state index is 5.64. The van der Waals surface area contributed by atoms with E-state index >= 15 is 0 Å². The molecule has 0 aliphatic heterocycles. The monoisotopic (exact) mass is 282 g/mol. The fourth-order valence-corrected chi connectivity index (χ4v) is 1.98. The normalized spacial score (nSPS) is 10.2. The van der Waals surface area contributed by atoms with E-state index < -0.39 is 0 Å². The summed E-state index contributed by atoms with van der Waals surface area (Å²) >= 11 is 0. The molecule has 0 fully saturated rings. The summed E-state index contributed by atoms with van der Waals surface area (Å²) in [4.78, 5) is 7.57. The van der Waals surface area contributed by atoms with Gasteiger partial charge in [0, 0.05) is 37.7 Å². The summed E-state index contributed by atoms with van der Waals surface area (Å²) in [6.45, 7) is 4.04. The molecule has 0 bridgehead atoms. The van der Waals surface area contributed by atoms with Crippen LogP contribution in [0.2, 0.25) is 0 Å². The van der Waals surface area contributed by atoms with Gasteiger partial charge in [0.05, 0.1) is 5.69 Å². The van der Waals surface area contributed by atoms with E-state index in [0.717, 1.165) is 30.0 Å². The van der Waals surface area contributed by atoms with Gasteiger partial charge in [-0.3, -0.25) is 4.98 Å². The second-order valence-electron chi connectivity index (χ2n) is 4.90. The number of hydrogen-bond donors (Lipinski definition) is 3. The van der Waals surface area contributed by atoms with E-state index in [1.165, 1.54) is 5.56 Å². The summed E-state index contributed by atoms with van der Waals surface area (Å²) in [6, 6.07) is 14.4. The van der Waals surface area contributed by atoms with Gasteiger partial charge in [-0.1, -0.05) is 36.4 Å². The Labute approximate surface area is 125 Å². The molecule has 0 aliphatic carbocycles. The molecule has 110 valence electrons. The highest BCUT2D eigenvalue weighted by molar-refractivity contribution is 5.15. The van der Waals surface area contributed by atoms with Gasteiger partial charge in [-0.2, -0.15) is 0 Å². The second kappa shape index (κ2) is 8.19. The average molecular weight is 282 g/mol. The zero-order chi connectivity index (χ0) is 14.9. The van der Waals surface area contributed by atoms with Crippen LogP contribution in [0.25, 0.3) is 0 Å². The number of benzene rings is 1. The molecule has 4 heteroatoms. The Bertz CT molecular complexity index is 603. The van der Waals surface area contributed by atoms with E-state index in [-0.39, 0.29) is 0 Å². The van der Waals surface area contributed by atoms with Gasteiger partial charge < -0.3 is 16.0 Å². The first-order valence-corrected chi connectivity index (χ1v) is 7.10. The maximum Gasteiger partial charge on any atom is 0.0702 e. The molecule has 0 aliphatic rings. The molecule has 1 aromatic carbocycles. The molecule has 0 unspecified atom stereocenters. The number of nitrogens with one attached hydrogen (secondary N) is 2. The summed E-state index contributed by atoms with van der Waals surface area (Å²) in [6.07, 6.45) is 3.81. The van der Waals surface area contributed by atoms with Crippen LogP contribution in [-0.4, -0.2) is 9.97 Å². The van der Waals surface area contributed by atoms with Crippen LogP contribution >= 0.6 is 0 Å². The first-order chi connectivity index (χ1) is 10.3. The number of nitrogens with two attached hydrogens (primary N) is 1. The Kier molecular flexibility index (Phi) is 5.94. The maximum absolute atomic E-state index is 5.64. The molecule has 4 nitrogen and oxygen atoms in total. The van der Waals surface area contributed by atoms with E-state index in [0.29, 0.717) is 6.54 Å². The smallest absolute Gasteiger partial charge is 0.0702 e. The van der Waals surface area contributed by atoms with Crippen molar-refractivity contribution in [1.29, 1.82) is 0 Å². The number of H-pyrrole nitrogens is 1. The number of hydrogen-bond acceptors (Lipinski definition) is 3. The molecule has 2 rings (SSSR count). The highest BCUT2D eigenvalue weighted by Crippen LogP contribution is 2.00. The molecule has 0 amide bonds. The predicted molar refractivity (Wildman–Crippen MR) is 85.8 cm³/mol. The third kappa shape index (κ3) is 5.38. The largest absolute Gasteiger partial charge is 0.366 e. The lowest BCUT2D eigenvalue weighted by molar-refractivity contribution is 0.692. The lowest BCUT2D eigenvalue weighted by Crippen LogP contribution is -2.12. The fraction of sp³-hybridized carbons (Fsp3) is 0.235. The first-order valence-electron chi connectivity index (χ1n) is 7.10. The lowest BCUT2D eigenvalue weighted by Gasteiger charge is -2.03. The topological polar surface area (TPSA) is 66.7 Å². The summed E-state index contributed by atoms with van der Waals surface area (Å²) in [5.74, 6) is 0. The van der Waals surface area contributed by atoms with Crippen LogP contribution in [0.15, 0.2) is 54.9 Å². The van der Waals surface area contributed by atoms with Gasteiger partial charge in [0.1, 0.15) is 0 Å². The van der Waals surface area contributed by atoms with Crippen LogP contribution in [0.5, 0.6) is 0 Å². The van der Waals surface area contributed by atoms with Crippen LogP contribution in [0.1, 0.15) is 22.5 Å². The van der Waals surface area contributed by atoms with Crippen LogP contribution < -0.4 is 11.1 Å². The summed E-state index contributed by atoms with van der Waals surface area (Å²) < 4.78 is 0. The van der Waals surface area contributed by atoms with Gasteiger partial charge in [-0.15, -0.1) is 0 Å². The second-order valence-corrected chi connectivity index (χ2v) is 4.90. The summed E-state index contributed by atoms with van der Waals surface area (Å²) in [5, 5.41) is 3.44. The Morgan fingerprint density at radius 1 is 1.00 bits per heavy atom.